The van der Waals surface area contributed by atoms with E-state index in [0.717, 1.165) is 17.4 Å². The summed E-state index contributed by atoms with van der Waals surface area (Å²) in [5.74, 6) is 0.833. The molecule has 0 aromatic carbocycles. The van der Waals surface area contributed by atoms with E-state index in [1.807, 2.05) is 0 Å². The predicted molar refractivity (Wildman–Crippen MR) is 60.3 cm³/mol. The van der Waals surface area contributed by atoms with Crippen molar-refractivity contribution in [1.29, 1.82) is 0 Å². The summed E-state index contributed by atoms with van der Waals surface area (Å²) in [5, 5.41) is 0. The Kier molecular flexibility index (Phi) is 2.41. The number of rotatable bonds is 1. The van der Waals surface area contributed by atoms with Crippen LogP contribution in [0.3, 0.4) is 0 Å². The molecule has 1 nitrogen and oxygen atoms in total. The molecule has 1 atom stereocenters. The fraction of sp³-hybridized carbons (Fsp3) is 1.00. The molecular formula is C10H18IN. The first-order chi connectivity index (χ1) is 5.63. The summed E-state index contributed by atoms with van der Waals surface area (Å²) in [6, 6.07) is 0.849. The van der Waals surface area contributed by atoms with Gasteiger partial charge in [0.15, 0.2) is 0 Å². The molecule has 1 heterocycles. The Bertz CT molecular complexity index is 175. The first-order valence-electron chi connectivity index (χ1n) is 5.05. The van der Waals surface area contributed by atoms with Crippen molar-refractivity contribution in [1.82, 2.24) is 3.11 Å². The van der Waals surface area contributed by atoms with E-state index in [0.29, 0.717) is 0 Å². The molecule has 1 saturated carbocycles. The highest BCUT2D eigenvalue weighted by Crippen LogP contribution is 2.56. The van der Waals surface area contributed by atoms with E-state index in [1.54, 1.807) is 0 Å². The molecule has 2 heteroatoms. The lowest BCUT2D eigenvalue weighted by molar-refractivity contribution is 0.172. The summed E-state index contributed by atoms with van der Waals surface area (Å²) in [5.41, 5.74) is 0.816. The molecule has 70 valence electrons. The largest absolute Gasteiger partial charge is 0.244 e. The molecule has 0 N–H and O–H groups in total. The van der Waals surface area contributed by atoms with Crippen molar-refractivity contribution in [2.45, 2.75) is 45.6 Å². The normalized spacial score (nSPS) is 34.5. The Morgan fingerprint density at radius 3 is 2.50 bits per heavy atom. The third-order valence-corrected chi connectivity index (χ3v) is 4.78. The second-order valence-corrected chi connectivity index (χ2v) is 6.13. The predicted octanol–water partition coefficient (Wildman–Crippen LogP) is 3.24. The van der Waals surface area contributed by atoms with Gasteiger partial charge in [-0.25, -0.2) is 3.11 Å². The summed E-state index contributed by atoms with van der Waals surface area (Å²) in [7, 11) is 0. The van der Waals surface area contributed by atoms with Gasteiger partial charge in [0.1, 0.15) is 0 Å². The Balaban J connectivity index is 2.00. The van der Waals surface area contributed by atoms with Crippen molar-refractivity contribution in [2.75, 3.05) is 6.54 Å². The Morgan fingerprint density at radius 2 is 2.00 bits per heavy atom. The van der Waals surface area contributed by atoms with Crippen LogP contribution in [0.2, 0.25) is 0 Å². The number of halogens is 1. The lowest BCUT2D eigenvalue weighted by Gasteiger charge is -2.38. The molecule has 12 heavy (non-hydrogen) atoms. The molecule has 2 fully saturated rings. The van der Waals surface area contributed by atoms with Gasteiger partial charge < -0.3 is 0 Å². The lowest BCUT2D eigenvalue weighted by atomic mass is 9.85. The SMILES string of the molecule is CC(C)[C@H]1CC2(CCN1I)CC2. The second kappa shape index (κ2) is 3.12. The topological polar surface area (TPSA) is 3.24 Å². The number of nitrogens with zero attached hydrogens (tertiary/aromatic N) is 1. The van der Waals surface area contributed by atoms with Crippen LogP contribution in [0.25, 0.3) is 0 Å². The zero-order valence-electron chi connectivity index (χ0n) is 8.02. The van der Waals surface area contributed by atoms with Gasteiger partial charge in [0.05, 0.1) is 0 Å². The summed E-state index contributed by atoms with van der Waals surface area (Å²) in [4.78, 5) is 0. The summed E-state index contributed by atoms with van der Waals surface area (Å²) in [6.07, 6.45) is 5.95. The van der Waals surface area contributed by atoms with Crippen LogP contribution in [-0.4, -0.2) is 15.7 Å². The third kappa shape index (κ3) is 1.65. The molecule has 2 rings (SSSR count). The lowest BCUT2D eigenvalue weighted by Crippen LogP contribution is -2.40. The average molecular weight is 279 g/mol. The minimum Gasteiger partial charge on any atom is -0.244 e. The maximum atomic E-state index is 2.53. The van der Waals surface area contributed by atoms with E-state index >= 15 is 0 Å². The van der Waals surface area contributed by atoms with Gasteiger partial charge in [-0.15, -0.1) is 0 Å². The Morgan fingerprint density at radius 1 is 1.33 bits per heavy atom. The van der Waals surface area contributed by atoms with Crippen molar-refractivity contribution in [3.8, 4) is 0 Å². The standard InChI is InChI=1S/C10H18IN/c1-8(2)9-7-10(3-4-10)5-6-12(9)11/h8-9H,3-7H2,1-2H3/t9-/m1/s1. The zero-order valence-corrected chi connectivity index (χ0v) is 10.2. The molecule has 0 aromatic rings. The third-order valence-electron chi connectivity index (χ3n) is 3.58. The quantitative estimate of drug-likeness (QED) is 0.526. The van der Waals surface area contributed by atoms with Crippen LogP contribution in [-0.2, 0) is 0 Å². The van der Waals surface area contributed by atoms with E-state index in [9.17, 15) is 0 Å². The average Bonchev–Trinajstić information content (AvgIpc) is 2.76. The van der Waals surface area contributed by atoms with Crippen LogP contribution >= 0.6 is 22.9 Å². The van der Waals surface area contributed by atoms with Crippen LogP contribution in [0.15, 0.2) is 0 Å². The molecular weight excluding hydrogens is 261 g/mol. The molecule has 1 aliphatic carbocycles. The van der Waals surface area contributed by atoms with Crippen LogP contribution in [0.5, 0.6) is 0 Å². The number of hydrogen-bond donors (Lipinski definition) is 0. The molecule has 0 aromatic heterocycles. The monoisotopic (exact) mass is 279 g/mol. The Labute approximate surface area is 89.4 Å². The van der Waals surface area contributed by atoms with Crippen molar-refractivity contribution in [3.05, 3.63) is 0 Å². The van der Waals surface area contributed by atoms with Gasteiger partial charge in [-0.05, 0) is 37.0 Å². The van der Waals surface area contributed by atoms with Gasteiger partial charge in [0.25, 0.3) is 0 Å². The van der Waals surface area contributed by atoms with Crippen LogP contribution in [0, 0.1) is 11.3 Å². The zero-order chi connectivity index (χ0) is 8.77. The van der Waals surface area contributed by atoms with E-state index in [2.05, 4.69) is 39.8 Å². The molecule has 1 spiro atoms. The highest BCUT2D eigenvalue weighted by Gasteiger charge is 2.48. The van der Waals surface area contributed by atoms with Crippen LogP contribution in [0.1, 0.15) is 39.5 Å². The van der Waals surface area contributed by atoms with E-state index in [1.165, 1.54) is 32.2 Å². The van der Waals surface area contributed by atoms with Gasteiger partial charge in [0, 0.05) is 35.5 Å². The van der Waals surface area contributed by atoms with Crippen LogP contribution < -0.4 is 0 Å². The Hall–Kier alpha value is 0.690. The molecule has 2 aliphatic rings. The molecule has 0 unspecified atom stereocenters. The fourth-order valence-corrected chi connectivity index (χ4v) is 3.43. The van der Waals surface area contributed by atoms with Gasteiger partial charge in [-0.2, -0.15) is 0 Å². The first-order valence-corrected chi connectivity index (χ1v) is 6.02. The maximum Gasteiger partial charge on any atom is 0.0222 e. The maximum absolute atomic E-state index is 2.53. The molecule has 1 saturated heterocycles. The van der Waals surface area contributed by atoms with E-state index < -0.39 is 0 Å². The molecule has 0 amide bonds. The van der Waals surface area contributed by atoms with Crippen LogP contribution in [0.4, 0.5) is 0 Å². The van der Waals surface area contributed by atoms with Crippen molar-refractivity contribution < 1.29 is 0 Å². The van der Waals surface area contributed by atoms with Gasteiger partial charge >= 0.3 is 0 Å². The van der Waals surface area contributed by atoms with Gasteiger partial charge in [-0.3, -0.25) is 0 Å². The molecule has 0 radical (unpaired) electrons. The second-order valence-electron chi connectivity index (χ2n) is 4.89. The van der Waals surface area contributed by atoms with Crippen molar-refractivity contribution in [2.24, 2.45) is 11.3 Å². The fourth-order valence-electron chi connectivity index (χ4n) is 2.34. The van der Waals surface area contributed by atoms with Gasteiger partial charge in [-0.1, -0.05) is 13.8 Å². The summed E-state index contributed by atoms with van der Waals surface area (Å²) < 4.78 is 2.53. The first kappa shape index (κ1) is 9.25. The molecule has 1 aliphatic heterocycles. The number of hydrogen-bond acceptors (Lipinski definition) is 1. The van der Waals surface area contributed by atoms with Crippen molar-refractivity contribution >= 4 is 22.9 Å². The molecule has 0 bridgehead atoms. The summed E-state index contributed by atoms with van der Waals surface area (Å²) in [6.45, 7) is 6.04. The number of piperidine rings is 1. The highest BCUT2D eigenvalue weighted by molar-refractivity contribution is 14.1. The minimum atomic E-state index is 0.816. The van der Waals surface area contributed by atoms with E-state index in [-0.39, 0.29) is 0 Å². The smallest absolute Gasteiger partial charge is 0.0222 e. The van der Waals surface area contributed by atoms with E-state index in [4.69, 9.17) is 0 Å². The van der Waals surface area contributed by atoms with Gasteiger partial charge in [0.2, 0.25) is 0 Å². The minimum absolute atomic E-state index is 0.816. The summed E-state index contributed by atoms with van der Waals surface area (Å²) >= 11 is 2.51. The highest BCUT2D eigenvalue weighted by atomic mass is 127. The van der Waals surface area contributed by atoms with Crippen molar-refractivity contribution in [3.63, 3.8) is 0 Å².